The number of alkyl halides is 3. The largest absolute Gasteiger partial charge is 0.534 e. The molecule has 0 saturated carbocycles. The fraction of sp³-hybridized carbons (Fsp3) is 0.462. The SMILES string of the molecule is CC(C)C(=O)N[C@H](C)c1ccc(OS(=O)(=O)C(F)(F)F)cc1. The number of amides is 1. The van der Waals surface area contributed by atoms with E-state index < -0.39 is 21.4 Å². The summed E-state index contributed by atoms with van der Waals surface area (Å²) in [4.78, 5) is 11.6. The number of rotatable bonds is 5. The number of hydrogen-bond acceptors (Lipinski definition) is 4. The van der Waals surface area contributed by atoms with E-state index in [0.29, 0.717) is 5.56 Å². The van der Waals surface area contributed by atoms with Gasteiger partial charge in [0, 0.05) is 5.92 Å². The van der Waals surface area contributed by atoms with Crippen LogP contribution in [0, 0.1) is 5.92 Å². The van der Waals surface area contributed by atoms with E-state index in [9.17, 15) is 26.4 Å². The van der Waals surface area contributed by atoms with Gasteiger partial charge in [-0.25, -0.2) is 0 Å². The van der Waals surface area contributed by atoms with Crippen LogP contribution in [0.4, 0.5) is 13.2 Å². The Kier molecular flexibility index (Phi) is 5.44. The molecule has 1 N–H and O–H groups in total. The van der Waals surface area contributed by atoms with E-state index in [1.165, 1.54) is 12.1 Å². The van der Waals surface area contributed by atoms with E-state index in [2.05, 4.69) is 9.50 Å². The lowest BCUT2D eigenvalue weighted by Crippen LogP contribution is -2.30. The summed E-state index contributed by atoms with van der Waals surface area (Å²) in [6, 6.07) is 4.58. The number of benzene rings is 1. The molecule has 1 aromatic carbocycles. The summed E-state index contributed by atoms with van der Waals surface area (Å²) in [5.41, 5.74) is -4.88. The third-order valence-electron chi connectivity index (χ3n) is 2.75. The van der Waals surface area contributed by atoms with E-state index in [1.54, 1.807) is 20.8 Å². The van der Waals surface area contributed by atoms with Crippen molar-refractivity contribution in [1.82, 2.24) is 5.32 Å². The number of hydrogen-bond donors (Lipinski definition) is 1. The van der Waals surface area contributed by atoms with E-state index in [4.69, 9.17) is 0 Å². The Balaban J connectivity index is 2.81. The highest BCUT2D eigenvalue weighted by Gasteiger charge is 2.48. The quantitative estimate of drug-likeness (QED) is 0.661. The zero-order valence-corrected chi connectivity index (χ0v) is 13.0. The van der Waals surface area contributed by atoms with Crippen LogP contribution in [0.1, 0.15) is 32.4 Å². The monoisotopic (exact) mass is 339 g/mol. The first-order valence-corrected chi connectivity index (χ1v) is 7.76. The van der Waals surface area contributed by atoms with Crippen LogP contribution in [0.2, 0.25) is 0 Å². The highest BCUT2D eigenvalue weighted by Crippen LogP contribution is 2.27. The summed E-state index contributed by atoms with van der Waals surface area (Å²) in [6.45, 7) is 5.14. The standard InChI is InChI=1S/C13H16F3NO4S/c1-8(2)12(18)17-9(3)10-4-6-11(7-5-10)21-22(19,20)13(14,15)16/h4-9H,1-3H3,(H,17,18)/t9-/m1/s1. The molecule has 9 heteroatoms. The maximum absolute atomic E-state index is 12.2. The third kappa shape index (κ3) is 4.62. The van der Waals surface area contributed by atoms with Crippen molar-refractivity contribution in [2.24, 2.45) is 5.92 Å². The summed E-state index contributed by atoms with van der Waals surface area (Å²) in [5.74, 6) is -0.835. The molecule has 1 rings (SSSR count). The maximum atomic E-state index is 12.2. The second-order valence-electron chi connectivity index (χ2n) is 4.94. The predicted molar refractivity (Wildman–Crippen MR) is 73.4 cm³/mol. The van der Waals surface area contributed by atoms with Gasteiger partial charge in [-0.2, -0.15) is 21.6 Å². The fourth-order valence-corrected chi connectivity index (χ4v) is 1.91. The summed E-state index contributed by atoms with van der Waals surface area (Å²) in [6.07, 6.45) is 0. The molecule has 1 aromatic rings. The maximum Gasteiger partial charge on any atom is 0.534 e. The minimum atomic E-state index is -5.68. The minimum absolute atomic E-state index is 0.174. The molecule has 22 heavy (non-hydrogen) atoms. The average Bonchev–Trinajstić information content (AvgIpc) is 2.37. The van der Waals surface area contributed by atoms with Crippen LogP contribution in [-0.4, -0.2) is 19.8 Å². The van der Waals surface area contributed by atoms with Gasteiger partial charge in [-0.05, 0) is 24.6 Å². The summed E-state index contributed by atoms with van der Waals surface area (Å²) in [7, 11) is -5.68. The topological polar surface area (TPSA) is 72.5 Å². The molecule has 0 saturated heterocycles. The van der Waals surface area contributed by atoms with Crippen molar-refractivity contribution in [1.29, 1.82) is 0 Å². The molecule has 0 aliphatic carbocycles. The summed E-state index contributed by atoms with van der Waals surface area (Å²) < 4.78 is 62.2. The molecule has 0 spiro atoms. The van der Waals surface area contributed by atoms with Gasteiger partial charge in [0.15, 0.2) is 0 Å². The first kappa shape index (κ1) is 18.3. The van der Waals surface area contributed by atoms with Crippen molar-refractivity contribution in [2.45, 2.75) is 32.3 Å². The molecule has 0 heterocycles. The van der Waals surface area contributed by atoms with E-state index in [0.717, 1.165) is 12.1 Å². The van der Waals surface area contributed by atoms with Gasteiger partial charge in [0.25, 0.3) is 0 Å². The van der Waals surface area contributed by atoms with Crippen LogP contribution in [0.3, 0.4) is 0 Å². The molecular weight excluding hydrogens is 323 g/mol. The molecule has 5 nitrogen and oxygen atoms in total. The molecule has 1 atom stereocenters. The Labute approximate surface area is 126 Å². The van der Waals surface area contributed by atoms with Crippen molar-refractivity contribution < 1.29 is 30.6 Å². The van der Waals surface area contributed by atoms with E-state index in [1.807, 2.05) is 0 Å². The number of carbonyl (C=O) groups is 1. The van der Waals surface area contributed by atoms with Gasteiger partial charge in [0.05, 0.1) is 6.04 Å². The lowest BCUT2D eigenvalue weighted by molar-refractivity contribution is -0.124. The lowest BCUT2D eigenvalue weighted by Gasteiger charge is -2.16. The smallest absolute Gasteiger partial charge is 0.376 e. The molecule has 0 fully saturated rings. The van der Waals surface area contributed by atoms with Gasteiger partial charge >= 0.3 is 15.6 Å². The Bertz CT molecular complexity index is 624. The molecule has 0 unspecified atom stereocenters. The minimum Gasteiger partial charge on any atom is -0.376 e. The van der Waals surface area contributed by atoms with E-state index in [-0.39, 0.29) is 17.9 Å². The third-order valence-corrected chi connectivity index (χ3v) is 3.73. The van der Waals surface area contributed by atoms with Crippen LogP contribution >= 0.6 is 0 Å². The zero-order valence-electron chi connectivity index (χ0n) is 12.1. The fourth-order valence-electron chi connectivity index (χ4n) is 1.45. The van der Waals surface area contributed by atoms with Gasteiger partial charge in [-0.3, -0.25) is 4.79 Å². The normalized spacial score (nSPS) is 13.8. The molecule has 0 aliphatic rings. The van der Waals surface area contributed by atoms with Gasteiger partial charge in [-0.15, -0.1) is 0 Å². The van der Waals surface area contributed by atoms with Crippen molar-refractivity contribution >= 4 is 16.0 Å². The molecule has 124 valence electrons. The molecular formula is C13H16F3NO4S. The first-order valence-electron chi connectivity index (χ1n) is 6.35. The highest BCUT2D eigenvalue weighted by atomic mass is 32.2. The molecule has 0 bridgehead atoms. The van der Waals surface area contributed by atoms with Crippen LogP contribution in [-0.2, 0) is 14.9 Å². The molecule has 0 aromatic heterocycles. The average molecular weight is 339 g/mol. The predicted octanol–water partition coefficient (Wildman–Crippen LogP) is 2.75. The Morgan fingerprint density at radius 3 is 2.05 bits per heavy atom. The number of halogens is 3. The van der Waals surface area contributed by atoms with Crippen LogP contribution in [0.15, 0.2) is 24.3 Å². The van der Waals surface area contributed by atoms with Crippen LogP contribution < -0.4 is 9.50 Å². The molecule has 0 radical (unpaired) electrons. The van der Waals surface area contributed by atoms with Crippen LogP contribution in [0.25, 0.3) is 0 Å². The molecule has 0 aliphatic heterocycles. The van der Waals surface area contributed by atoms with Crippen molar-refractivity contribution in [3.63, 3.8) is 0 Å². The molecule has 1 amide bonds. The van der Waals surface area contributed by atoms with Gasteiger partial charge in [0.2, 0.25) is 5.91 Å². The van der Waals surface area contributed by atoms with Gasteiger partial charge in [0.1, 0.15) is 5.75 Å². The summed E-state index contributed by atoms with van der Waals surface area (Å²) in [5, 5.41) is 2.71. The van der Waals surface area contributed by atoms with E-state index >= 15 is 0 Å². The van der Waals surface area contributed by atoms with Gasteiger partial charge < -0.3 is 9.50 Å². The second-order valence-corrected chi connectivity index (χ2v) is 6.48. The summed E-state index contributed by atoms with van der Waals surface area (Å²) >= 11 is 0. The number of nitrogens with one attached hydrogen (secondary N) is 1. The van der Waals surface area contributed by atoms with Crippen molar-refractivity contribution in [2.75, 3.05) is 0 Å². The number of carbonyl (C=O) groups excluding carboxylic acids is 1. The second kappa shape index (κ2) is 6.55. The van der Waals surface area contributed by atoms with Gasteiger partial charge in [-0.1, -0.05) is 26.0 Å². The highest BCUT2D eigenvalue weighted by molar-refractivity contribution is 7.87. The zero-order chi connectivity index (χ0) is 17.1. The lowest BCUT2D eigenvalue weighted by atomic mass is 10.1. The Morgan fingerprint density at radius 2 is 1.64 bits per heavy atom. The Morgan fingerprint density at radius 1 is 1.14 bits per heavy atom. The van der Waals surface area contributed by atoms with Crippen molar-refractivity contribution in [3.05, 3.63) is 29.8 Å². The van der Waals surface area contributed by atoms with Crippen molar-refractivity contribution in [3.8, 4) is 5.75 Å². The Hall–Kier alpha value is -1.77. The first-order chi connectivity index (χ1) is 9.94. The van der Waals surface area contributed by atoms with Crippen LogP contribution in [0.5, 0.6) is 5.75 Å².